The molecule has 0 spiro atoms. The van der Waals surface area contributed by atoms with Crippen LogP contribution < -0.4 is 43.3 Å². The maximum absolute atomic E-state index is 6.76. The van der Waals surface area contributed by atoms with E-state index in [1.807, 2.05) is 12.1 Å². The summed E-state index contributed by atoms with van der Waals surface area (Å²) >= 11 is 0. The van der Waals surface area contributed by atoms with Crippen molar-refractivity contribution < 1.29 is 0 Å². The van der Waals surface area contributed by atoms with Gasteiger partial charge in [-0.05, 0) is 81.7 Å². The molecular formula is C44H34N2P2. The lowest BCUT2D eigenvalue weighted by Crippen LogP contribution is -2.26. The first-order valence-corrected chi connectivity index (χ1v) is 18.8. The van der Waals surface area contributed by atoms with E-state index in [0.29, 0.717) is 0 Å². The van der Waals surface area contributed by atoms with Crippen molar-refractivity contribution in [2.24, 2.45) is 0 Å². The van der Waals surface area contributed by atoms with Gasteiger partial charge in [0, 0.05) is 22.1 Å². The summed E-state index contributed by atoms with van der Waals surface area (Å²) in [5.41, 5.74) is 17.5. The Morgan fingerprint density at radius 2 is 0.583 bits per heavy atom. The summed E-state index contributed by atoms with van der Waals surface area (Å²) in [5, 5.41) is 12.2. The van der Waals surface area contributed by atoms with Gasteiger partial charge in [0.25, 0.3) is 0 Å². The minimum absolute atomic E-state index is 0.777. The Hall–Kier alpha value is -5.26. The number of hydrogen-bond acceptors (Lipinski definition) is 2. The Kier molecular flexibility index (Phi) is 8.21. The van der Waals surface area contributed by atoms with Crippen molar-refractivity contribution in [1.82, 2.24) is 0 Å². The first kappa shape index (κ1) is 30.1. The highest BCUT2D eigenvalue weighted by molar-refractivity contribution is 7.80. The number of nitrogens with two attached hydrogens (primary N) is 2. The molecule has 0 heterocycles. The molecule has 0 aliphatic rings. The predicted octanol–water partition coefficient (Wildman–Crippen LogP) is 8.34. The summed E-state index contributed by atoms with van der Waals surface area (Å²) in [5.74, 6) is 0. The first-order chi connectivity index (χ1) is 23.7. The van der Waals surface area contributed by atoms with Gasteiger partial charge in [-0.1, -0.05) is 170 Å². The lowest BCUT2D eigenvalue weighted by molar-refractivity contribution is 1.70. The van der Waals surface area contributed by atoms with Crippen LogP contribution in [0.3, 0.4) is 0 Å². The molecule has 0 aliphatic carbocycles. The standard InChI is InChI=1S/C44H34N2P2/c45-39-25-13-23-37-35(39)27-29-41(47(31-15-5-1-6-16-31)32-17-7-2-8-18-32)43(37)44-38-24-14-26-40(46)36(38)28-30-42(44)48(33-19-9-3-10-20-33)34-21-11-4-12-22-34/h1-30H,45-46H2. The van der Waals surface area contributed by atoms with Crippen LogP contribution in [0.25, 0.3) is 32.7 Å². The van der Waals surface area contributed by atoms with Crippen LogP contribution in [0, 0.1) is 0 Å². The van der Waals surface area contributed by atoms with E-state index in [2.05, 4.69) is 170 Å². The molecule has 0 bridgehead atoms. The molecule has 0 amide bonds. The van der Waals surface area contributed by atoms with E-state index in [1.54, 1.807) is 0 Å². The van der Waals surface area contributed by atoms with Gasteiger partial charge in [-0.3, -0.25) is 0 Å². The number of fused-ring (bicyclic) bond motifs is 2. The highest BCUT2D eigenvalue weighted by Gasteiger charge is 2.28. The molecule has 0 aromatic heterocycles. The van der Waals surface area contributed by atoms with Crippen LogP contribution in [0.4, 0.5) is 11.4 Å². The molecule has 4 heteroatoms. The Labute approximate surface area is 284 Å². The number of hydrogen-bond donors (Lipinski definition) is 2. The zero-order chi connectivity index (χ0) is 32.5. The van der Waals surface area contributed by atoms with Crippen molar-refractivity contribution in [3.8, 4) is 11.1 Å². The summed E-state index contributed by atoms with van der Waals surface area (Å²) < 4.78 is 0. The van der Waals surface area contributed by atoms with E-state index in [9.17, 15) is 0 Å². The van der Waals surface area contributed by atoms with Gasteiger partial charge in [-0.25, -0.2) is 0 Å². The Morgan fingerprint density at radius 3 is 0.896 bits per heavy atom. The Bertz CT molecular complexity index is 2110. The van der Waals surface area contributed by atoms with Gasteiger partial charge < -0.3 is 11.5 Å². The zero-order valence-corrected chi connectivity index (χ0v) is 28.2. The molecule has 0 unspecified atom stereocenters. The molecule has 0 atom stereocenters. The van der Waals surface area contributed by atoms with Gasteiger partial charge in [0.05, 0.1) is 0 Å². The summed E-state index contributed by atoms with van der Waals surface area (Å²) in [6, 6.07) is 65.6. The smallest absolute Gasteiger partial charge is 0.0393 e. The third-order valence-electron chi connectivity index (χ3n) is 8.94. The fourth-order valence-corrected chi connectivity index (χ4v) is 11.8. The summed E-state index contributed by atoms with van der Waals surface area (Å²) in [6.07, 6.45) is 0. The molecule has 230 valence electrons. The van der Waals surface area contributed by atoms with Crippen LogP contribution >= 0.6 is 15.8 Å². The minimum atomic E-state index is -0.941. The molecule has 0 fully saturated rings. The van der Waals surface area contributed by atoms with Crippen molar-refractivity contribution in [3.63, 3.8) is 0 Å². The fraction of sp³-hybridized carbons (Fsp3) is 0. The monoisotopic (exact) mass is 652 g/mol. The topological polar surface area (TPSA) is 52.0 Å². The molecule has 48 heavy (non-hydrogen) atoms. The predicted molar refractivity (Wildman–Crippen MR) is 213 cm³/mol. The normalized spacial score (nSPS) is 11.5. The number of nitrogen functional groups attached to an aromatic ring is 2. The second kappa shape index (κ2) is 13.1. The number of rotatable bonds is 7. The van der Waals surface area contributed by atoms with Crippen LogP contribution in [-0.2, 0) is 0 Å². The van der Waals surface area contributed by atoms with Crippen LogP contribution in [0.5, 0.6) is 0 Å². The van der Waals surface area contributed by atoms with Crippen molar-refractivity contribution >= 4 is 80.6 Å². The first-order valence-electron chi connectivity index (χ1n) is 16.1. The molecule has 2 nitrogen and oxygen atoms in total. The Morgan fingerprint density at radius 1 is 0.271 bits per heavy atom. The molecule has 8 rings (SSSR count). The van der Waals surface area contributed by atoms with Gasteiger partial charge in [0.15, 0.2) is 0 Å². The molecule has 4 N–H and O–H groups in total. The molecule has 0 saturated heterocycles. The average Bonchev–Trinajstić information content (AvgIpc) is 3.14. The van der Waals surface area contributed by atoms with Crippen molar-refractivity contribution in [2.45, 2.75) is 0 Å². The minimum Gasteiger partial charge on any atom is -0.398 e. The van der Waals surface area contributed by atoms with E-state index < -0.39 is 15.8 Å². The average molecular weight is 653 g/mol. The summed E-state index contributed by atoms with van der Waals surface area (Å²) in [4.78, 5) is 0. The lowest BCUT2D eigenvalue weighted by Gasteiger charge is -2.28. The highest BCUT2D eigenvalue weighted by Crippen LogP contribution is 2.46. The lowest BCUT2D eigenvalue weighted by atomic mass is 9.93. The number of anilines is 2. The van der Waals surface area contributed by atoms with Crippen molar-refractivity contribution in [2.75, 3.05) is 11.5 Å². The van der Waals surface area contributed by atoms with E-state index in [1.165, 1.54) is 43.0 Å². The van der Waals surface area contributed by atoms with Crippen LogP contribution in [-0.4, -0.2) is 0 Å². The molecular weight excluding hydrogens is 618 g/mol. The quantitative estimate of drug-likeness (QED) is 0.134. The molecule has 0 saturated carbocycles. The van der Waals surface area contributed by atoms with E-state index in [-0.39, 0.29) is 0 Å². The van der Waals surface area contributed by atoms with Gasteiger partial charge in [0.1, 0.15) is 0 Å². The van der Waals surface area contributed by atoms with E-state index in [0.717, 1.165) is 32.9 Å². The van der Waals surface area contributed by atoms with E-state index >= 15 is 0 Å². The third-order valence-corrected chi connectivity index (χ3v) is 13.9. The molecule has 8 aromatic rings. The van der Waals surface area contributed by atoms with Crippen LogP contribution in [0.15, 0.2) is 182 Å². The van der Waals surface area contributed by atoms with Gasteiger partial charge in [-0.2, -0.15) is 0 Å². The SMILES string of the molecule is Nc1cccc2c(-c3c(P(c4ccccc4)c4ccccc4)ccc4c(N)cccc34)c(P(c3ccccc3)c3ccccc3)ccc12. The summed E-state index contributed by atoms with van der Waals surface area (Å²) in [7, 11) is -1.88. The van der Waals surface area contributed by atoms with Crippen LogP contribution in [0.2, 0.25) is 0 Å². The van der Waals surface area contributed by atoms with Gasteiger partial charge in [0.2, 0.25) is 0 Å². The molecule has 8 aromatic carbocycles. The van der Waals surface area contributed by atoms with Crippen LogP contribution in [0.1, 0.15) is 0 Å². The summed E-state index contributed by atoms with van der Waals surface area (Å²) in [6.45, 7) is 0. The van der Waals surface area contributed by atoms with Crippen molar-refractivity contribution in [1.29, 1.82) is 0 Å². The fourth-order valence-electron chi connectivity index (χ4n) is 6.80. The van der Waals surface area contributed by atoms with Gasteiger partial charge >= 0.3 is 0 Å². The Balaban J connectivity index is 1.56. The maximum Gasteiger partial charge on any atom is 0.0393 e. The second-order valence-corrected chi connectivity index (χ2v) is 16.2. The maximum atomic E-state index is 6.76. The van der Waals surface area contributed by atoms with Gasteiger partial charge in [-0.15, -0.1) is 0 Å². The highest BCUT2D eigenvalue weighted by atomic mass is 31.1. The van der Waals surface area contributed by atoms with E-state index in [4.69, 9.17) is 11.5 Å². The molecule has 0 aliphatic heterocycles. The largest absolute Gasteiger partial charge is 0.398 e. The molecule has 0 radical (unpaired) electrons. The zero-order valence-electron chi connectivity index (χ0n) is 26.4. The number of benzene rings is 8. The second-order valence-electron chi connectivity index (χ2n) is 11.8. The third kappa shape index (κ3) is 5.44. The van der Waals surface area contributed by atoms with Crippen molar-refractivity contribution in [3.05, 3.63) is 182 Å².